The van der Waals surface area contributed by atoms with E-state index in [1.165, 1.54) is 4.90 Å². The van der Waals surface area contributed by atoms with Crippen molar-refractivity contribution in [1.29, 1.82) is 0 Å². The van der Waals surface area contributed by atoms with Gasteiger partial charge in [-0.05, 0) is 61.2 Å². The first kappa shape index (κ1) is 25.3. The molecular formula is C31H27ClN2O5. The summed E-state index contributed by atoms with van der Waals surface area (Å²) >= 11 is 6.48. The molecule has 4 aromatic rings. The molecule has 198 valence electrons. The smallest absolute Gasteiger partial charge is 0.291 e. The van der Waals surface area contributed by atoms with Crippen molar-refractivity contribution in [1.82, 2.24) is 4.90 Å². The average molecular weight is 543 g/mol. The molecule has 1 aromatic heterocycles. The van der Waals surface area contributed by atoms with E-state index in [2.05, 4.69) is 0 Å². The molecule has 0 bridgehead atoms. The van der Waals surface area contributed by atoms with Gasteiger partial charge in [-0.25, -0.2) is 0 Å². The Hall–Kier alpha value is -3.94. The van der Waals surface area contributed by atoms with Crippen LogP contribution in [0.1, 0.15) is 44.8 Å². The number of hydrogen-bond donors (Lipinski definition) is 0. The highest BCUT2D eigenvalue weighted by atomic mass is 35.5. The maximum atomic E-state index is 14.7. The van der Waals surface area contributed by atoms with Gasteiger partial charge in [0.1, 0.15) is 5.58 Å². The van der Waals surface area contributed by atoms with Crippen LogP contribution in [-0.2, 0) is 21.6 Å². The number of carbonyl (C=O) groups is 2. The van der Waals surface area contributed by atoms with Crippen LogP contribution in [0.5, 0.6) is 0 Å². The zero-order chi connectivity index (χ0) is 27.5. The minimum absolute atomic E-state index is 0.0692. The molecule has 1 unspecified atom stereocenters. The molecule has 6 rings (SSSR count). The number of para-hydroxylation sites is 1. The fourth-order valence-electron chi connectivity index (χ4n) is 5.87. The van der Waals surface area contributed by atoms with Gasteiger partial charge in [-0.15, -0.1) is 0 Å². The first-order chi connectivity index (χ1) is 18.8. The fourth-order valence-corrected chi connectivity index (χ4v) is 6.06. The number of halogens is 1. The van der Waals surface area contributed by atoms with Crippen LogP contribution in [-0.4, -0.2) is 37.0 Å². The molecule has 0 N–H and O–H groups in total. The van der Waals surface area contributed by atoms with E-state index in [-0.39, 0.29) is 35.7 Å². The SMILES string of the molecule is COCCCN1C(=O)c2oc3cc(C)c(C)cc3c(=O)c2C12C(=O)N(Cc1ccccc1Cl)c1ccccc12. The molecule has 2 amide bonds. The molecule has 2 aliphatic heterocycles. The van der Waals surface area contributed by atoms with Crippen LogP contribution < -0.4 is 10.3 Å². The molecule has 7 nitrogen and oxygen atoms in total. The van der Waals surface area contributed by atoms with Crippen LogP contribution in [0.4, 0.5) is 5.69 Å². The number of ether oxygens (including phenoxy) is 1. The number of anilines is 1. The maximum absolute atomic E-state index is 14.7. The summed E-state index contributed by atoms with van der Waals surface area (Å²) in [6.45, 7) is 4.61. The van der Waals surface area contributed by atoms with Crippen LogP contribution in [0.15, 0.2) is 69.9 Å². The number of aryl methyl sites for hydroxylation is 2. The van der Waals surface area contributed by atoms with Crippen LogP contribution >= 0.6 is 11.6 Å². The summed E-state index contributed by atoms with van der Waals surface area (Å²) in [7, 11) is 1.58. The van der Waals surface area contributed by atoms with Crippen molar-refractivity contribution < 1.29 is 18.7 Å². The second-order valence-corrected chi connectivity index (χ2v) is 10.5. The number of rotatable bonds is 6. The van der Waals surface area contributed by atoms with E-state index in [4.69, 9.17) is 20.8 Å². The molecule has 8 heteroatoms. The zero-order valence-corrected chi connectivity index (χ0v) is 22.7. The minimum Gasteiger partial charge on any atom is -0.450 e. The number of carbonyl (C=O) groups excluding carboxylic acids is 2. The first-order valence-corrected chi connectivity index (χ1v) is 13.2. The van der Waals surface area contributed by atoms with Crippen molar-refractivity contribution in [3.63, 3.8) is 0 Å². The predicted octanol–water partition coefficient (Wildman–Crippen LogP) is 5.35. The highest BCUT2D eigenvalue weighted by Gasteiger charge is 2.64. The van der Waals surface area contributed by atoms with Gasteiger partial charge in [-0.1, -0.05) is 48.0 Å². The van der Waals surface area contributed by atoms with Gasteiger partial charge in [0.15, 0.2) is 11.0 Å². The molecule has 3 aromatic carbocycles. The summed E-state index contributed by atoms with van der Waals surface area (Å²) in [4.78, 5) is 46.2. The Morgan fingerprint density at radius 3 is 2.46 bits per heavy atom. The molecular weight excluding hydrogens is 516 g/mol. The van der Waals surface area contributed by atoms with E-state index in [1.807, 2.05) is 56.3 Å². The Bertz CT molecular complexity index is 1730. The molecule has 2 aliphatic rings. The Kier molecular flexibility index (Phi) is 6.08. The normalized spacial score (nSPS) is 17.9. The standard InChI is InChI=1S/C31H27ClN2O5/c1-18-15-21-25(16-19(18)2)39-28-26(27(21)35)31(34(29(28)36)13-8-14-38-3)22-10-5-7-12-24(22)33(30(31)37)17-20-9-4-6-11-23(20)32/h4-7,9-12,15-16H,8,13-14,17H2,1-3H3. The third-order valence-corrected chi connectivity index (χ3v) is 8.24. The number of hydrogen-bond acceptors (Lipinski definition) is 5. The average Bonchev–Trinajstić information content (AvgIpc) is 3.31. The molecule has 3 heterocycles. The van der Waals surface area contributed by atoms with Crippen molar-refractivity contribution in [2.45, 2.75) is 32.4 Å². The molecule has 0 fully saturated rings. The highest BCUT2D eigenvalue weighted by Crippen LogP contribution is 2.53. The largest absolute Gasteiger partial charge is 0.450 e. The third kappa shape index (κ3) is 3.57. The highest BCUT2D eigenvalue weighted by molar-refractivity contribution is 6.31. The van der Waals surface area contributed by atoms with Crippen LogP contribution in [0, 0.1) is 13.8 Å². The van der Waals surface area contributed by atoms with Crippen LogP contribution in [0.2, 0.25) is 5.02 Å². The van der Waals surface area contributed by atoms with Crippen LogP contribution in [0.3, 0.4) is 0 Å². The van der Waals surface area contributed by atoms with Gasteiger partial charge >= 0.3 is 0 Å². The quantitative estimate of drug-likeness (QED) is 0.307. The summed E-state index contributed by atoms with van der Waals surface area (Å²) in [6.07, 6.45) is 0.476. The number of amides is 2. The minimum atomic E-state index is -1.66. The second kappa shape index (κ2) is 9.36. The lowest BCUT2D eigenvalue weighted by atomic mass is 9.83. The molecule has 39 heavy (non-hydrogen) atoms. The lowest BCUT2D eigenvalue weighted by Gasteiger charge is -2.34. The van der Waals surface area contributed by atoms with Gasteiger partial charge in [-0.3, -0.25) is 14.4 Å². The number of fused-ring (bicyclic) bond motifs is 5. The molecule has 0 radical (unpaired) electrons. The monoisotopic (exact) mass is 542 g/mol. The van der Waals surface area contributed by atoms with Gasteiger partial charge in [0.05, 0.1) is 23.2 Å². The summed E-state index contributed by atoms with van der Waals surface area (Å²) in [6, 6.07) is 18.2. The van der Waals surface area contributed by atoms with Crippen molar-refractivity contribution >= 4 is 40.1 Å². The van der Waals surface area contributed by atoms with E-state index in [1.54, 1.807) is 30.2 Å². The lowest BCUT2D eigenvalue weighted by Crippen LogP contribution is -2.53. The summed E-state index contributed by atoms with van der Waals surface area (Å²) in [5.41, 5.74) is 2.17. The number of nitrogens with zero attached hydrogens (tertiary/aromatic N) is 2. The van der Waals surface area contributed by atoms with Gasteiger partial charge in [-0.2, -0.15) is 0 Å². The fraction of sp³-hybridized carbons (Fsp3) is 0.258. The zero-order valence-electron chi connectivity index (χ0n) is 21.9. The molecule has 0 saturated heterocycles. The maximum Gasteiger partial charge on any atom is 0.291 e. The number of methoxy groups -OCH3 is 1. The van der Waals surface area contributed by atoms with Crippen molar-refractivity contribution in [2.75, 3.05) is 25.2 Å². The van der Waals surface area contributed by atoms with Crippen molar-refractivity contribution in [2.24, 2.45) is 0 Å². The third-order valence-electron chi connectivity index (χ3n) is 7.87. The molecule has 0 saturated carbocycles. The summed E-state index contributed by atoms with van der Waals surface area (Å²) in [5, 5.41) is 0.873. The first-order valence-electron chi connectivity index (χ1n) is 12.8. The van der Waals surface area contributed by atoms with E-state index >= 15 is 0 Å². The van der Waals surface area contributed by atoms with Crippen molar-refractivity contribution in [3.8, 4) is 0 Å². The van der Waals surface area contributed by atoms with Gasteiger partial charge in [0.25, 0.3) is 11.8 Å². The summed E-state index contributed by atoms with van der Waals surface area (Å²) < 4.78 is 11.4. The van der Waals surface area contributed by atoms with Crippen molar-refractivity contribution in [3.05, 3.63) is 109 Å². The van der Waals surface area contributed by atoms with Crippen LogP contribution in [0.25, 0.3) is 11.0 Å². The second-order valence-electron chi connectivity index (χ2n) is 10.1. The van der Waals surface area contributed by atoms with E-state index in [0.29, 0.717) is 40.3 Å². The topological polar surface area (TPSA) is 80.1 Å². The van der Waals surface area contributed by atoms with Gasteiger partial charge in [0.2, 0.25) is 5.76 Å². The Balaban J connectivity index is 1.64. The van der Waals surface area contributed by atoms with E-state index in [0.717, 1.165) is 16.7 Å². The predicted molar refractivity (Wildman–Crippen MR) is 149 cm³/mol. The summed E-state index contributed by atoms with van der Waals surface area (Å²) in [5.74, 6) is -0.958. The van der Waals surface area contributed by atoms with E-state index in [9.17, 15) is 14.4 Å². The number of benzene rings is 3. The Labute approximate surface area is 230 Å². The Morgan fingerprint density at radius 2 is 1.69 bits per heavy atom. The van der Waals surface area contributed by atoms with Gasteiger partial charge in [0, 0.05) is 30.8 Å². The Morgan fingerprint density at radius 1 is 0.974 bits per heavy atom. The van der Waals surface area contributed by atoms with E-state index < -0.39 is 11.4 Å². The molecule has 0 aliphatic carbocycles. The molecule has 1 atom stereocenters. The lowest BCUT2D eigenvalue weighted by molar-refractivity contribution is -0.126. The van der Waals surface area contributed by atoms with Gasteiger partial charge < -0.3 is 19.0 Å². The molecule has 1 spiro atoms.